The largest absolute Gasteiger partial charge is 0.405 e. The Kier molecular flexibility index (Phi) is 4.95. The number of hydrogen-bond acceptors (Lipinski definition) is 1. The second-order valence-electron chi connectivity index (χ2n) is 3.64. The van der Waals surface area contributed by atoms with Gasteiger partial charge in [0.1, 0.15) is 12.4 Å². The van der Waals surface area contributed by atoms with Gasteiger partial charge in [-0.25, -0.2) is 4.39 Å². The number of amides is 1. The van der Waals surface area contributed by atoms with E-state index in [1.165, 1.54) is 12.1 Å². The van der Waals surface area contributed by atoms with Crippen LogP contribution >= 0.6 is 11.6 Å². The van der Waals surface area contributed by atoms with Crippen LogP contribution in [0.1, 0.15) is 12.0 Å². The molecule has 0 heterocycles. The number of hydrogen-bond donors (Lipinski definition) is 1. The highest BCUT2D eigenvalue weighted by Gasteiger charge is 2.27. The minimum absolute atomic E-state index is 0.0804. The molecule has 0 fully saturated rings. The Balaban J connectivity index is 2.40. The summed E-state index contributed by atoms with van der Waals surface area (Å²) >= 11 is 5.53. The highest BCUT2D eigenvalue weighted by atomic mass is 35.5. The van der Waals surface area contributed by atoms with Crippen molar-refractivity contribution in [2.24, 2.45) is 0 Å². The highest BCUT2D eigenvalue weighted by Crippen LogP contribution is 2.17. The van der Waals surface area contributed by atoms with E-state index in [1.54, 1.807) is 5.32 Å². The van der Waals surface area contributed by atoms with E-state index in [0.717, 1.165) is 6.07 Å². The fraction of sp³-hybridized carbons (Fsp3) is 0.364. The predicted molar refractivity (Wildman–Crippen MR) is 58.8 cm³/mol. The van der Waals surface area contributed by atoms with E-state index in [-0.39, 0.29) is 17.9 Å². The predicted octanol–water partition coefficient (Wildman–Crippen LogP) is 3.09. The molecule has 1 aromatic rings. The molecule has 2 nitrogen and oxygen atoms in total. The molecule has 1 amide bonds. The van der Waals surface area contributed by atoms with Gasteiger partial charge in [-0.1, -0.05) is 17.7 Å². The number of aryl methyl sites for hydroxylation is 1. The van der Waals surface area contributed by atoms with Crippen LogP contribution < -0.4 is 5.32 Å². The monoisotopic (exact) mass is 283 g/mol. The summed E-state index contributed by atoms with van der Waals surface area (Å²) in [7, 11) is 0. The molecule has 0 saturated carbocycles. The maximum absolute atomic E-state index is 12.8. The average molecular weight is 284 g/mol. The summed E-state index contributed by atoms with van der Waals surface area (Å²) in [6.45, 7) is -1.35. The van der Waals surface area contributed by atoms with Gasteiger partial charge in [-0.05, 0) is 24.1 Å². The fourth-order valence-electron chi connectivity index (χ4n) is 1.24. The molecule has 0 unspecified atom stereocenters. The topological polar surface area (TPSA) is 29.1 Å². The molecular formula is C11H10ClF4NO. The van der Waals surface area contributed by atoms with Gasteiger partial charge >= 0.3 is 6.18 Å². The molecule has 1 rings (SSSR count). The van der Waals surface area contributed by atoms with Crippen molar-refractivity contribution in [3.63, 3.8) is 0 Å². The number of carbonyl (C=O) groups excluding carboxylic acids is 1. The molecular weight excluding hydrogens is 274 g/mol. The van der Waals surface area contributed by atoms with Gasteiger partial charge < -0.3 is 5.32 Å². The van der Waals surface area contributed by atoms with Gasteiger partial charge in [-0.15, -0.1) is 0 Å². The summed E-state index contributed by atoms with van der Waals surface area (Å²) in [6, 6.07) is 3.91. The summed E-state index contributed by atoms with van der Waals surface area (Å²) in [5.74, 6) is -1.30. The van der Waals surface area contributed by atoms with Crippen molar-refractivity contribution >= 4 is 17.5 Å². The first-order valence-corrected chi connectivity index (χ1v) is 5.43. The first-order valence-electron chi connectivity index (χ1n) is 5.05. The van der Waals surface area contributed by atoms with Crippen LogP contribution in [-0.4, -0.2) is 18.6 Å². The third kappa shape index (κ3) is 5.35. The van der Waals surface area contributed by atoms with E-state index >= 15 is 0 Å². The van der Waals surface area contributed by atoms with Gasteiger partial charge in [0.05, 0.1) is 5.02 Å². The molecule has 7 heteroatoms. The Bertz CT molecular complexity index is 434. The van der Waals surface area contributed by atoms with Crippen molar-refractivity contribution in [3.8, 4) is 0 Å². The van der Waals surface area contributed by atoms with Crippen LogP contribution in [0.15, 0.2) is 18.2 Å². The van der Waals surface area contributed by atoms with Gasteiger partial charge in [0.25, 0.3) is 0 Å². The Morgan fingerprint density at radius 2 is 2.00 bits per heavy atom. The van der Waals surface area contributed by atoms with Crippen molar-refractivity contribution < 1.29 is 22.4 Å². The van der Waals surface area contributed by atoms with Gasteiger partial charge in [-0.2, -0.15) is 13.2 Å². The van der Waals surface area contributed by atoms with Crippen LogP contribution in [0.4, 0.5) is 17.6 Å². The molecule has 1 N–H and O–H groups in total. The normalized spacial score (nSPS) is 11.4. The Morgan fingerprint density at radius 3 is 2.56 bits per heavy atom. The number of benzene rings is 1. The standard InChI is InChI=1S/C11H10ClF4NO/c12-8-5-7(1-3-9(8)13)2-4-10(18)17-6-11(14,15)16/h1,3,5H,2,4,6H2,(H,17,18). The SMILES string of the molecule is O=C(CCc1ccc(F)c(Cl)c1)NCC(F)(F)F. The van der Waals surface area contributed by atoms with Crippen LogP contribution in [0, 0.1) is 5.82 Å². The smallest absolute Gasteiger partial charge is 0.347 e. The van der Waals surface area contributed by atoms with E-state index in [1.807, 2.05) is 0 Å². The third-order valence-electron chi connectivity index (χ3n) is 2.11. The zero-order chi connectivity index (χ0) is 13.8. The van der Waals surface area contributed by atoms with Crippen LogP contribution in [0.2, 0.25) is 5.02 Å². The number of carbonyl (C=O) groups is 1. The number of rotatable bonds is 4. The summed E-state index contributed by atoms with van der Waals surface area (Å²) in [4.78, 5) is 11.1. The Hall–Kier alpha value is -1.30. The van der Waals surface area contributed by atoms with Crippen LogP contribution in [0.3, 0.4) is 0 Å². The second-order valence-corrected chi connectivity index (χ2v) is 4.05. The van der Waals surface area contributed by atoms with E-state index in [9.17, 15) is 22.4 Å². The molecule has 0 bridgehead atoms. The molecule has 0 aliphatic rings. The number of nitrogens with one attached hydrogen (secondary N) is 1. The molecule has 0 radical (unpaired) electrons. The summed E-state index contributed by atoms with van der Waals surface area (Å²) in [6.07, 6.45) is -4.34. The van der Waals surface area contributed by atoms with Crippen molar-refractivity contribution in [3.05, 3.63) is 34.6 Å². The number of alkyl halides is 3. The molecule has 0 aromatic heterocycles. The number of halogens is 5. The molecule has 0 aliphatic heterocycles. The van der Waals surface area contributed by atoms with Gasteiger partial charge in [0.2, 0.25) is 5.91 Å². The average Bonchev–Trinajstić information content (AvgIpc) is 2.27. The Morgan fingerprint density at radius 1 is 1.33 bits per heavy atom. The summed E-state index contributed by atoms with van der Waals surface area (Å²) in [5, 5.41) is 1.67. The lowest BCUT2D eigenvalue weighted by molar-refractivity contribution is -0.138. The second kappa shape index (κ2) is 6.04. The third-order valence-corrected chi connectivity index (χ3v) is 2.40. The van der Waals surface area contributed by atoms with E-state index in [0.29, 0.717) is 5.56 Å². The summed E-state index contributed by atoms with van der Waals surface area (Å²) in [5.41, 5.74) is 0.587. The van der Waals surface area contributed by atoms with E-state index in [4.69, 9.17) is 11.6 Å². The molecule has 18 heavy (non-hydrogen) atoms. The van der Waals surface area contributed by atoms with E-state index in [2.05, 4.69) is 0 Å². The first kappa shape index (κ1) is 14.8. The molecule has 0 saturated heterocycles. The van der Waals surface area contributed by atoms with Crippen molar-refractivity contribution in [1.29, 1.82) is 0 Å². The van der Waals surface area contributed by atoms with Crippen molar-refractivity contribution in [2.45, 2.75) is 19.0 Å². The highest BCUT2D eigenvalue weighted by molar-refractivity contribution is 6.30. The molecule has 0 atom stereocenters. The lowest BCUT2D eigenvalue weighted by atomic mass is 10.1. The molecule has 1 aromatic carbocycles. The van der Waals surface area contributed by atoms with Gasteiger partial charge in [0, 0.05) is 6.42 Å². The fourth-order valence-corrected chi connectivity index (χ4v) is 1.44. The lowest BCUT2D eigenvalue weighted by Gasteiger charge is -2.08. The molecule has 0 aliphatic carbocycles. The maximum Gasteiger partial charge on any atom is 0.405 e. The summed E-state index contributed by atoms with van der Waals surface area (Å²) < 4.78 is 48.2. The first-order chi connectivity index (χ1) is 8.28. The van der Waals surface area contributed by atoms with E-state index < -0.39 is 24.4 Å². The lowest BCUT2D eigenvalue weighted by Crippen LogP contribution is -2.33. The minimum atomic E-state index is -4.42. The molecule has 0 spiro atoms. The van der Waals surface area contributed by atoms with Gasteiger partial charge in [0.15, 0.2) is 0 Å². The van der Waals surface area contributed by atoms with Crippen LogP contribution in [0.25, 0.3) is 0 Å². The maximum atomic E-state index is 12.8. The Labute approximate surface area is 106 Å². The zero-order valence-electron chi connectivity index (χ0n) is 9.15. The minimum Gasteiger partial charge on any atom is -0.347 e. The quantitative estimate of drug-likeness (QED) is 0.845. The van der Waals surface area contributed by atoms with Crippen molar-refractivity contribution in [2.75, 3.05) is 6.54 Å². The zero-order valence-corrected chi connectivity index (χ0v) is 9.91. The van der Waals surface area contributed by atoms with Crippen LogP contribution in [-0.2, 0) is 11.2 Å². The molecule has 100 valence electrons. The van der Waals surface area contributed by atoms with Gasteiger partial charge in [-0.3, -0.25) is 4.79 Å². The van der Waals surface area contributed by atoms with Crippen molar-refractivity contribution in [1.82, 2.24) is 5.32 Å². The van der Waals surface area contributed by atoms with Crippen LogP contribution in [0.5, 0.6) is 0 Å².